The van der Waals surface area contributed by atoms with Gasteiger partial charge in [-0.15, -0.1) is 0 Å². The maximum absolute atomic E-state index is 13.8. The lowest BCUT2D eigenvalue weighted by Gasteiger charge is -2.41. The molecule has 2 aliphatic heterocycles. The summed E-state index contributed by atoms with van der Waals surface area (Å²) in [5.74, 6) is 0.550. The number of fused-ring (bicyclic) bond motifs is 1. The monoisotopic (exact) mass is 454 g/mol. The van der Waals surface area contributed by atoms with Gasteiger partial charge in [-0.2, -0.15) is 13.2 Å². The average molecular weight is 455 g/mol. The minimum Gasteiger partial charge on any atom is -0.473 e. The van der Waals surface area contributed by atoms with E-state index in [4.69, 9.17) is 9.47 Å². The summed E-state index contributed by atoms with van der Waals surface area (Å²) < 4.78 is 50.7. The maximum Gasteiger partial charge on any atom is 0.416 e. The van der Waals surface area contributed by atoms with E-state index in [1.54, 1.807) is 4.90 Å². The summed E-state index contributed by atoms with van der Waals surface area (Å²) >= 11 is 0. The molecule has 1 saturated carbocycles. The van der Waals surface area contributed by atoms with Crippen molar-refractivity contribution in [3.05, 3.63) is 29.3 Å². The Labute approximate surface area is 187 Å². The zero-order valence-electron chi connectivity index (χ0n) is 19.1. The van der Waals surface area contributed by atoms with Gasteiger partial charge in [0.25, 0.3) is 0 Å². The first-order valence-corrected chi connectivity index (χ1v) is 11.5. The molecule has 4 rings (SSSR count). The SMILES string of the molecule is CC(C)[C@]1(C(=O)N2COc3ccc(C(F)(F)F)cc3C2)CCC(N(C)C2CCOCC2)C1. The van der Waals surface area contributed by atoms with Crippen LogP contribution < -0.4 is 4.74 Å². The van der Waals surface area contributed by atoms with Crippen LogP contribution in [0.2, 0.25) is 0 Å². The second-order valence-corrected chi connectivity index (χ2v) is 9.81. The van der Waals surface area contributed by atoms with Crippen molar-refractivity contribution in [2.24, 2.45) is 11.3 Å². The molecule has 0 spiro atoms. The zero-order chi connectivity index (χ0) is 23.1. The standard InChI is InChI=1S/C24H33F3N2O3/c1-16(2)23(9-6-20(13-23)28(3)19-7-10-31-11-8-19)22(30)29-14-17-12-18(24(25,26)27)4-5-21(17)32-15-29/h4-5,12,16,19-20H,6-11,13-15H2,1-3H3/t20?,23-/m0/s1. The quantitative estimate of drug-likeness (QED) is 0.662. The van der Waals surface area contributed by atoms with Crippen molar-refractivity contribution >= 4 is 5.91 Å². The molecule has 1 aromatic rings. The molecule has 178 valence electrons. The van der Waals surface area contributed by atoms with E-state index >= 15 is 0 Å². The normalized spacial score (nSPS) is 27.0. The first-order chi connectivity index (χ1) is 15.1. The fourth-order valence-electron chi connectivity index (χ4n) is 5.62. The van der Waals surface area contributed by atoms with Gasteiger partial charge in [-0.25, -0.2) is 0 Å². The average Bonchev–Trinajstić information content (AvgIpc) is 3.24. The fourth-order valence-corrected chi connectivity index (χ4v) is 5.62. The van der Waals surface area contributed by atoms with Crippen molar-refractivity contribution in [3.63, 3.8) is 0 Å². The molecule has 0 aromatic heterocycles. The van der Waals surface area contributed by atoms with Crippen LogP contribution >= 0.6 is 0 Å². The highest BCUT2D eigenvalue weighted by atomic mass is 19.4. The van der Waals surface area contributed by atoms with Gasteiger partial charge in [0.1, 0.15) is 5.75 Å². The van der Waals surface area contributed by atoms with Crippen molar-refractivity contribution < 1.29 is 27.4 Å². The Hall–Kier alpha value is -1.80. The third-order valence-corrected chi connectivity index (χ3v) is 7.81. The van der Waals surface area contributed by atoms with Crippen LogP contribution in [0.4, 0.5) is 13.2 Å². The van der Waals surface area contributed by atoms with Crippen molar-refractivity contribution in [1.29, 1.82) is 0 Å². The Morgan fingerprint density at radius 2 is 1.91 bits per heavy atom. The van der Waals surface area contributed by atoms with E-state index in [1.807, 2.05) is 0 Å². The van der Waals surface area contributed by atoms with E-state index in [2.05, 4.69) is 25.8 Å². The molecule has 1 amide bonds. The molecule has 5 nitrogen and oxygen atoms in total. The molecule has 8 heteroatoms. The van der Waals surface area contributed by atoms with E-state index < -0.39 is 17.2 Å². The van der Waals surface area contributed by atoms with Gasteiger partial charge in [0.05, 0.1) is 17.5 Å². The minimum absolute atomic E-state index is 0.00145. The molecule has 32 heavy (non-hydrogen) atoms. The summed E-state index contributed by atoms with van der Waals surface area (Å²) in [4.78, 5) is 17.8. The van der Waals surface area contributed by atoms with Crippen LogP contribution in [0.25, 0.3) is 0 Å². The first-order valence-electron chi connectivity index (χ1n) is 11.5. The molecule has 1 aliphatic carbocycles. The van der Waals surface area contributed by atoms with Gasteiger partial charge in [-0.1, -0.05) is 13.8 Å². The van der Waals surface area contributed by atoms with Crippen LogP contribution in [0.3, 0.4) is 0 Å². The summed E-state index contributed by atoms with van der Waals surface area (Å²) in [7, 11) is 2.15. The Balaban J connectivity index is 1.51. The zero-order valence-corrected chi connectivity index (χ0v) is 19.1. The van der Waals surface area contributed by atoms with Gasteiger partial charge in [0.15, 0.2) is 6.73 Å². The Bertz CT molecular complexity index is 838. The number of benzene rings is 1. The van der Waals surface area contributed by atoms with E-state index in [9.17, 15) is 18.0 Å². The van der Waals surface area contributed by atoms with Crippen LogP contribution in [0.15, 0.2) is 18.2 Å². The highest BCUT2D eigenvalue weighted by molar-refractivity contribution is 5.83. The van der Waals surface area contributed by atoms with E-state index in [0.29, 0.717) is 23.4 Å². The largest absolute Gasteiger partial charge is 0.473 e. The first kappa shape index (κ1) is 23.4. The topological polar surface area (TPSA) is 42.0 Å². The fraction of sp³-hybridized carbons (Fsp3) is 0.708. The molecule has 2 atom stereocenters. The highest BCUT2D eigenvalue weighted by Crippen LogP contribution is 2.48. The van der Waals surface area contributed by atoms with Gasteiger partial charge in [0, 0.05) is 30.9 Å². The predicted octanol–water partition coefficient (Wildman–Crippen LogP) is 4.69. The van der Waals surface area contributed by atoms with Crippen LogP contribution in [0.5, 0.6) is 5.75 Å². The number of hydrogen-bond acceptors (Lipinski definition) is 4. The number of alkyl halides is 3. The molecule has 0 radical (unpaired) electrons. The van der Waals surface area contributed by atoms with E-state index in [1.165, 1.54) is 6.07 Å². The molecule has 2 heterocycles. The third kappa shape index (κ3) is 4.36. The third-order valence-electron chi connectivity index (χ3n) is 7.81. The number of carbonyl (C=O) groups is 1. The Morgan fingerprint density at radius 3 is 2.56 bits per heavy atom. The van der Waals surface area contributed by atoms with Crippen LogP contribution in [0.1, 0.15) is 57.1 Å². The predicted molar refractivity (Wildman–Crippen MR) is 114 cm³/mol. The molecule has 2 fully saturated rings. The summed E-state index contributed by atoms with van der Waals surface area (Å²) in [6.45, 7) is 5.93. The highest BCUT2D eigenvalue weighted by Gasteiger charge is 2.51. The van der Waals surface area contributed by atoms with Crippen LogP contribution in [-0.4, -0.2) is 54.8 Å². The summed E-state index contributed by atoms with van der Waals surface area (Å²) in [5.41, 5.74) is -0.828. The molecule has 1 aromatic carbocycles. The lowest BCUT2D eigenvalue weighted by Crippen LogP contribution is -2.49. The summed E-state index contributed by atoms with van der Waals surface area (Å²) in [6, 6.07) is 4.27. The number of carbonyl (C=O) groups excluding carboxylic acids is 1. The Kier molecular flexibility index (Phi) is 6.47. The number of halogens is 3. The number of rotatable bonds is 4. The molecular weight excluding hydrogens is 421 g/mol. The summed E-state index contributed by atoms with van der Waals surface area (Å²) in [5, 5.41) is 0. The second kappa shape index (κ2) is 8.86. The maximum atomic E-state index is 13.8. The molecule has 1 saturated heterocycles. The van der Waals surface area contributed by atoms with Crippen molar-refractivity contribution in [2.75, 3.05) is 27.0 Å². The lowest BCUT2D eigenvalue weighted by atomic mass is 9.74. The van der Waals surface area contributed by atoms with Crippen LogP contribution in [-0.2, 0) is 22.3 Å². The second-order valence-electron chi connectivity index (χ2n) is 9.81. The van der Waals surface area contributed by atoms with Gasteiger partial charge < -0.3 is 19.3 Å². The molecule has 0 bridgehead atoms. The lowest BCUT2D eigenvalue weighted by molar-refractivity contribution is -0.150. The number of nitrogens with zero attached hydrogens (tertiary/aromatic N) is 2. The van der Waals surface area contributed by atoms with E-state index in [-0.39, 0.29) is 25.1 Å². The minimum atomic E-state index is -4.42. The number of ether oxygens (including phenoxy) is 2. The summed E-state index contributed by atoms with van der Waals surface area (Å²) in [6.07, 6.45) is 0.0912. The van der Waals surface area contributed by atoms with E-state index in [0.717, 1.165) is 57.5 Å². The van der Waals surface area contributed by atoms with Gasteiger partial charge in [-0.05, 0) is 63.3 Å². The molecule has 0 N–H and O–H groups in total. The van der Waals surface area contributed by atoms with Crippen LogP contribution in [0, 0.1) is 11.3 Å². The molecule has 3 aliphatic rings. The number of hydrogen-bond donors (Lipinski definition) is 0. The number of amides is 1. The van der Waals surface area contributed by atoms with Gasteiger partial charge >= 0.3 is 6.18 Å². The van der Waals surface area contributed by atoms with Crippen molar-refractivity contribution in [2.45, 2.75) is 70.8 Å². The van der Waals surface area contributed by atoms with Gasteiger partial charge in [0.2, 0.25) is 5.91 Å². The smallest absolute Gasteiger partial charge is 0.416 e. The van der Waals surface area contributed by atoms with Crippen molar-refractivity contribution in [1.82, 2.24) is 9.80 Å². The molecular formula is C24H33F3N2O3. The Morgan fingerprint density at radius 1 is 1.19 bits per heavy atom. The molecule has 1 unspecified atom stereocenters. The van der Waals surface area contributed by atoms with Gasteiger partial charge in [-0.3, -0.25) is 4.79 Å². The van der Waals surface area contributed by atoms with Crippen molar-refractivity contribution in [3.8, 4) is 5.75 Å².